The van der Waals surface area contributed by atoms with Crippen molar-refractivity contribution < 1.29 is 38.6 Å². The van der Waals surface area contributed by atoms with Gasteiger partial charge in [0, 0.05) is 23.5 Å². The number of hydrogen-bond acceptors (Lipinski definition) is 12. The van der Waals surface area contributed by atoms with E-state index in [4.69, 9.17) is 10.5 Å². The molecule has 16 nitrogen and oxygen atoms in total. The second-order valence-electron chi connectivity index (χ2n) is 13.2. The number of nitrogens with one attached hydrogen (secondary N) is 6. The van der Waals surface area contributed by atoms with Crippen LogP contribution in [0.15, 0.2) is 35.5 Å². The lowest BCUT2D eigenvalue weighted by atomic mass is 9.99. The Morgan fingerprint density at radius 2 is 1.81 bits per heavy atom. The summed E-state index contributed by atoms with van der Waals surface area (Å²) < 4.78 is 5.41. The molecule has 17 heteroatoms. The van der Waals surface area contributed by atoms with E-state index in [0.29, 0.717) is 31.2 Å². The lowest BCUT2D eigenvalue weighted by Crippen LogP contribution is -2.73. The molecule has 5 atom stereocenters. The molecule has 0 bridgehead atoms. The number of aromatic nitrogens is 1. The number of aliphatic imine (C=N–C) groups is 1. The summed E-state index contributed by atoms with van der Waals surface area (Å²) >= 11 is 1.51. The number of para-hydroxylation sites is 1. The second-order valence-corrected chi connectivity index (χ2v) is 14.2. The third kappa shape index (κ3) is 12.2. The predicted octanol–water partition coefficient (Wildman–Crippen LogP) is -0.667. The van der Waals surface area contributed by atoms with Crippen LogP contribution in [-0.4, -0.2) is 126 Å². The van der Waals surface area contributed by atoms with Crippen LogP contribution in [0.2, 0.25) is 0 Å². The summed E-state index contributed by atoms with van der Waals surface area (Å²) in [5.41, 5.74) is 6.37. The number of hydrogen-bond donors (Lipinski definition) is 8. The Morgan fingerprint density at radius 3 is 2.40 bits per heavy atom. The van der Waals surface area contributed by atoms with Gasteiger partial charge in [0.05, 0.1) is 50.2 Å². The summed E-state index contributed by atoms with van der Waals surface area (Å²) in [4.78, 5) is 83.7. The van der Waals surface area contributed by atoms with Crippen LogP contribution in [0.5, 0.6) is 0 Å². The summed E-state index contributed by atoms with van der Waals surface area (Å²) in [6.45, 7) is 4.58. The van der Waals surface area contributed by atoms with Crippen molar-refractivity contribution in [1.29, 1.82) is 0 Å². The van der Waals surface area contributed by atoms with Crippen molar-refractivity contribution in [2.45, 2.75) is 82.3 Å². The van der Waals surface area contributed by atoms with Gasteiger partial charge in [0.25, 0.3) is 0 Å². The molecule has 4 amide bonds. The van der Waals surface area contributed by atoms with Crippen molar-refractivity contribution in [3.05, 3.63) is 36.0 Å². The molecule has 0 saturated carbocycles. The molecule has 1 aliphatic heterocycles. The molecule has 1 saturated heterocycles. The molecule has 1 fully saturated rings. The maximum Gasteiger partial charge on any atom is 0.247 e. The van der Waals surface area contributed by atoms with Crippen molar-refractivity contribution in [2.24, 2.45) is 16.6 Å². The largest absolute Gasteiger partial charge is 0.394 e. The average Bonchev–Trinajstić information content (AvgIpc) is 3.52. The summed E-state index contributed by atoms with van der Waals surface area (Å²) in [5.74, 6) is -1.63. The second kappa shape index (κ2) is 20.8. The predicted molar refractivity (Wildman–Crippen MR) is 199 cm³/mol. The third-order valence-electron chi connectivity index (χ3n) is 8.58. The number of aliphatic hydroxyl groups is 1. The van der Waals surface area contributed by atoms with Crippen LogP contribution in [0.25, 0.3) is 10.9 Å². The number of ether oxygens (including phenoxy) is 1. The molecular formula is C35H52N8O8S. The van der Waals surface area contributed by atoms with E-state index in [1.54, 1.807) is 13.1 Å². The molecule has 286 valence electrons. The fourth-order valence-electron chi connectivity index (χ4n) is 5.52. The number of amides is 4. The first-order valence-electron chi connectivity index (χ1n) is 17.3. The molecule has 1 aromatic heterocycles. The molecule has 9 N–H and O–H groups in total. The van der Waals surface area contributed by atoms with E-state index in [0.717, 1.165) is 16.5 Å². The zero-order valence-corrected chi connectivity index (χ0v) is 30.9. The fourth-order valence-corrected chi connectivity index (χ4v) is 6.01. The van der Waals surface area contributed by atoms with Gasteiger partial charge in [0.1, 0.15) is 18.0 Å². The lowest BCUT2D eigenvalue weighted by molar-refractivity contribution is -0.142. The van der Waals surface area contributed by atoms with Crippen LogP contribution < -0.4 is 32.3 Å². The highest BCUT2D eigenvalue weighted by atomic mass is 32.2. The number of aromatic amines is 1. The number of aliphatic hydroxyl groups excluding tert-OH is 1. The molecule has 0 aliphatic carbocycles. The van der Waals surface area contributed by atoms with Crippen LogP contribution in [0.3, 0.4) is 0 Å². The smallest absolute Gasteiger partial charge is 0.247 e. The van der Waals surface area contributed by atoms with Crippen molar-refractivity contribution >= 4 is 64.6 Å². The number of aldehydes is 2. The quantitative estimate of drug-likeness (QED) is 0.0403. The van der Waals surface area contributed by atoms with Crippen LogP contribution in [-0.2, 0) is 39.9 Å². The molecule has 1 aliphatic rings. The zero-order valence-electron chi connectivity index (χ0n) is 30.1. The Balaban J connectivity index is 1.72. The number of benzene rings is 1. The topological polar surface area (TPSA) is 246 Å². The average molecular weight is 745 g/mol. The van der Waals surface area contributed by atoms with Gasteiger partial charge in [-0.3, -0.25) is 34.3 Å². The Morgan fingerprint density at radius 1 is 1.08 bits per heavy atom. The first-order valence-corrected chi connectivity index (χ1v) is 18.7. The van der Waals surface area contributed by atoms with Gasteiger partial charge in [0.2, 0.25) is 23.6 Å². The van der Waals surface area contributed by atoms with E-state index in [-0.39, 0.29) is 44.2 Å². The number of nitrogens with two attached hydrogens (primary N) is 1. The summed E-state index contributed by atoms with van der Waals surface area (Å²) in [5, 5.41) is 24.9. The molecule has 0 spiro atoms. The Bertz CT molecular complexity index is 1560. The Labute approximate surface area is 307 Å². The number of thioether (sulfide) groups is 1. The Hall–Kier alpha value is -4.16. The maximum absolute atomic E-state index is 13.8. The minimum absolute atomic E-state index is 0.00780. The number of H-pyrrole nitrogens is 1. The van der Waals surface area contributed by atoms with Crippen LogP contribution in [0, 0.1) is 5.92 Å². The van der Waals surface area contributed by atoms with Gasteiger partial charge in [-0.05, 0) is 48.8 Å². The summed E-state index contributed by atoms with van der Waals surface area (Å²) in [7, 11) is 0. The van der Waals surface area contributed by atoms with Gasteiger partial charge in [-0.2, -0.15) is 11.8 Å². The van der Waals surface area contributed by atoms with Crippen LogP contribution in [0.1, 0.15) is 45.6 Å². The molecule has 2 heterocycles. The molecule has 52 heavy (non-hydrogen) atoms. The minimum Gasteiger partial charge on any atom is -0.394 e. The van der Waals surface area contributed by atoms with E-state index in [9.17, 15) is 33.9 Å². The van der Waals surface area contributed by atoms with E-state index in [1.165, 1.54) is 11.8 Å². The fraction of sp³-hybridized carbons (Fsp3) is 0.571. The molecule has 3 rings (SSSR count). The minimum atomic E-state index is -1.38. The van der Waals surface area contributed by atoms with Crippen LogP contribution >= 0.6 is 11.8 Å². The van der Waals surface area contributed by atoms with Gasteiger partial charge in [-0.1, -0.05) is 39.0 Å². The Kier molecular flexibility index (Phi) is 16.9. The van der Waals surface area contributed by atoms with Gasteiger partial charge >= 0.3 is 0 Å². The van der Waals surface area contributed by atoms with Crippen molar-refractivity contribution in [2.75, 3.05) is 38.4 Å². The molecule has 0 radical (unpaired) electrons. The normalized spacial score (nSPS) is 16.9. The van der Waals surface area contributed by atoms with Crippen molar-refractivity contribution in [1.82, 2.24) is 31.6 Å². The first-order chi connectivity index (χ1) is 24.9. The number of carbonyl (C=O) groups excluding carboxylic acids is 6. The maximum atomic E-state index is 13.8. The number of carbonyl (C=O) groups is 6. The highest BCUT2D eigenvalue weighted by Gasteiger charge is 2.42. The molecule has 1 aromatic carbocycles. The van der Waals surface area contributed by atoms with Gasteiger partial charge in [0.15, 0.2) is 12.3 Å². The van der Waals surface area contributed by atoms with E-state index < -0.39 is 66.1 Å². The van der Waals surface area contributed by atoms with E-state index in [1.807, 2.05) is 44.4 Å². The molecular weight excluding hydrogens is 693 g/mol. The van der Waals surface area contributed by atoms with E-state index >= 15 is 0 Å². The third-order valence-corrected chi connectivity index (χ3v) is 9.22. The number of nitrogens with zero attached hydrogens (tertiary/aromatic N) is 1. The lowest BCUT2D eigenvalue weighted by Gasteiger charge is -2.43. The molecule has 2 aromatic rings. The van der Waals surface area contributed by atoms with E-state index in [2.05, 4.69) is 36.6 Å². The number of fused-ring (bicyclic) bond motifs is 1. The number of rotatable bonds is 23. The zero-order chi connectivity index (χ0) is 38.3. The van der Waals surface area contributed by atoms with Crippen LogP contribution in [0.4, 0.5) is 0 Å². The standard InChI is InChI=1S/C35H52N8O8S/c1-5-25(36)32(48)42-28(13-22-14-37-26-9-7-6-8-24(22)26)34(50)43-35(19-51-20-35)38-15-31(47)41-27(12-21(2)3)29(17-45)40-30(18-46)33(49)39-23(16-44)10-11-52-4/h6-9,14,16-17,21,23,25,27-28,30,37-38,46H,5,10-13,15,18-20,36H2,1-4H3,(H,39,49)(H,41,47)(H,42,48)(H,43,50)/t23-,25-,27-,28?,30?/m0/s1. The van der Waals surface area contributed by atoms with Crippen molar-refractivity contribution in [3.8, 4) is 0 Å². The summed E-state index contributed by atoms with van der Waals surface area (Å²) in [6.07, 6.45) is 5.90. The first kappa shape index (κ1) is 42.3. The highest BCUT2D eigenvalue weighted by molar-refractivity contribution is 7.98. The van der Waals surface area contributed by atoms with Gasteiger partial charge in [-0.15, -0.1) is 0 Å². The monoisotopic (exact) mass is 744 g/mol. The SMILES string of the molecule is CC[C@H](N)C(=O)NC(Cc1c[nH]c2ccccc12)C(=O)NC1(NCC(=O)N[C@@H](CC(C)C)C(C=O)=NC(CO)C(=O)N[C@H](C=O)CCSC)COC1. The summed E-state index contributed by atoms with van der Waals surface area (Å²) in [6, 6.07) is 2.73. The highest BCUT2D eigenvalue weighted by Crippen LogP contribution is 2.20. The van der Waals surface area contributed by atoms with Gasteiger partial charge < -0.3 is 46.6 Å². The molecule has 2 unspecified atom stereocenters. The van der Waals surface area contributed by atoms with Gasteiger partial charge in [-0.25, -0.2) is 0 Å². The van der Waals surface area contributed by atoms with Crippen molar-refractivity contribution in [3.63, 3.8) is 0 Å².